The molecule has 2 atom stereocenters. The lowest BCUT2D eigenvalue weighted by molar-refractivity contribution is -0.385. The fraction of sp³-hybridized carbons (Fsp3) is 0.400. The van der Waals surface area contributed by atoms with Crippen LogP contribution in [0.5, 0.6) is 0 Å². The average molecular weight is 287 g/mol. The number of rotatable bonds is 3. The number of likely N-dealkylation sites (tertiary alicyclic amines) is 1. The zero-order valence-electron chi connectivity index (χ0n) is 11.6. The smallest absolute Gasteiger partial charge is 0.276 e. The van der Waals surface area contributed by atoms with Crippen molar-refractivity contribution >= 4 is 17.7 Å². The predicted molar refractivity (Wildman–Crippen MR) is 78.6 cm³/mol. The maximum atomic E-state index is 12.3. The lowest BCUT2D eigenvalue weighted by Crippen LogP contribution is -2.38. The van der Waals surface area contributed by atoms with Gasteiger partial charge >= 0.3 is 0 Å². The van der Waals surface area contributed by atoms with Crippen molar-refractivity contribution in [3.8, 4) is 0 Å². The van der Waals surface area contributed by atoms with Crippen molar-refractivity contribution in [3.63, 3.8) is 0 Å². The maximum Gasteiger partial charge on any atom is 0.276 e. The molecule has 2 aliphatic rings. The first kappa shape index (κ1) is 13.8. The van der Waals surface area contributed by atoms with E-state index in [1.807, 2.05) is 4.90 Å². The molecule has 21 heavy (non-hydrogen) atoms. The molecule has 1 amide bonds. The molecule has 0 spiro atoms. The van der Waals surface area contributed by atoms with Crippen molar-refractivity contribution in [1.82, 2.24) is 10.2 Å². The van der Waals surface area contributed by atoms with E-state index in [1.165, 1.54) is 18.2 Å². The Morgan fingerprint density at radius 2 is 2.19 bits per heavy atom. The first-order valence-corrected chi connectivity index (χ1v) is 7.09. The van der Waals surface area contributed by atoms with Crippen molar-refractivity contribution in [2.75, 3.05) is 19.6 Å². The minimum absolute atomic E-state index is 0.0170. The number of benzene rings is 1. The number of hydrogen-bond acceptors (Lipinski definition) is 4. The van der Waals surface area contributed by atoms with Gasteiger partial charge < -0.3 is 10.2 Å². The van der Waals surface area contributed by atoms with E-state index in [-0.39, 0.29) is 17.6 Å². The Kier molecular flexibility index (Phi) is 3.70. The number of carbonyl (C=O) groups excluding carboxylic acids is 1. The van der Waals surface area contributed by atoms with Crippen LogP contribution < -0.4 is 5.32 Å². The Bertz CT molecular complexity index is 600. The van der Waals surface area contributed by atoms with Crippen LogP contribution in [-0.4, -0.2) is 41.4 Å². The molecular weight excluding hydrogens is 270 g/mol. The van der Waals surface area contributed by atoms with E-state index in [2.05, 4.69) is 5.32 Å². The van der Waals surface area contributed by atoms with Crippen molar-refractivity contribution in [2.24, 2.45) is 5.92 Å². The van der Waals surface area contributed by atoms with Gasteiger partial charge in [-0.2, -0.15) is 0 Å². The molecule has 2 fully saturated rings. The highest BCUT2D eigenvalue weighted by Crippen LogP contribution is 2.27. The van der Waals surface area contributed by atoms with Crippen molar-refractivity contribution < 1.29 is 9.72 Å². The van der Waals surface area contributed by atoms with Crippen molar-refractivity contribution in [2.45, 2.75) is 12.5 Å². The average Bonchev–Trinajstić information content (AvgIpc) is 3.07. The summed E-state index contributed by atoms with van der Waals surface area (Å²) >= 11 is 0. The third kappa shape index (κ3) is 2.67. The molecule has 1 aromatic carbocycles. The second kappa shape index (κ2) is 5.65. The molecular formula is C15H17N3O3. The summed E-state index contributed by atoms with van der Waals surface area (Å²) in [4.78, 5) is 24.7. The predicted octanol–water partition coefficient (Wildman–Crippen LogP) is 1.43. The quantitative estimate of drug-likeness (QED) is 0.518. The number of nitro benzene ring substituents is 1. The van der Waals surface area contributed by atoms with E-state index in [4.69, 9.17) is 0 Å². The number of nitro groups is 1. The Morgan fingerprint density at radius 3 is 3.00 bits per heavy atom. The Hall–Kier alpha value is -2.21. The van der Waals surface area contributed by atoms with Crippen LogP contribution in [0.1, 0.15) is 12.0 Å². The van der Waals surface area contributed by atoms with Gasteiger partial charge in [0.2, 0.25) is 5.91 Å². The van der Waals surface area contributed by atoms with Crippen LogP contribution in [0.3, 0.4) is 0 Å². The molecule has 6 heteroatoms. The minimum Gasteiger partial charge on any atom is -0.335 e. The van der Waals surface area contributed by atoms with Crippen LogP contribution in [0.2, 0.25) is 0 Å². The lowest BCUT2D eigenvalue weighted by Gasteiger charge is -2.21. The highest BCUT2D eigenvalue weighted by atomic mass is 16.6. The first-order valence-electron chi connectivity index (χ1n) is 7.09. The number of carbonyl (C=O) groups is 1. The SMILES string of the molecule is O=C(/C=C/c1ccccc1[N+](=O)[O-])N1CC[C@H]2CNC[C@H]21. The van der Waals surface area contributed by atoms with Crippen LogP contribution in [-0.2, 0) is 4.79 Å². The lowest BCUT2D eigenvalue weighted by atomic mass is 10.1. The zero-order valence-corrected chi connectivity index (χ0v) is 11.6. The molecule has 0 bridgehead atoms. The van der Waals surface area contributed by atoms with Gasteiger partial charge in [0.05, 0.1) is 10.5 Å². The van der Waals surface area contributed by atoms with Gasteiger partial charge in [-0.25, -0.2) is 0 Å². The van der Waals surface area contributed by atoms with Crippen LogP contribution in [0, 0.1) is 16.0 Å². The van der Waals surface area contributed by atoms with Gasteiger partial charge in [0.1, 0.15) is 0 Å². The molecule has 1 aromatic rings. The Morgan fingerprint density at radius 1 is 1.38 bits per heavy atom. The second-order valence-corrected chi connectivity index (χ2v) is 5.46. The summed E-state index contributed by atoms with van der Waals surface area (Å²) in [6.07, 6.45) is 4.02. The molecule has 2 saturated heterocycles. The fourth-order valence-electron chi connectivity index (χ4n) is 3.17. The molecule has 0 aliphatic carbocycles. The zero-order chi connectivity index (χ0) is 14.8. The topological polar surface area (TPSA) is 75.5 Å². The minimum atomic E-state index is -0.434. The molecule has 6 nitrogen and oxygen atoms in total. The number of para-hydroxylation sites is 1. The number of nitrogens with zero attached hydrogens (tertiary/aromatic N) is 2. The number of fused-ring (bicyclic) bond motifs is 1. The third-order valence-electron chi connectivity index (χ3n) is 4.27. The van der Waals surface area contributed by atoms with Gasteiger partial charge in [0.25, 0.3) is 5.69 Å². The van der Waals surface area contributed by atoms with Gasteiger partial charge in [-0.05, 0) is 24.5 Å². The van der Waals surface area contributed by atoms with Gasteiger partial charge in [-0.3, -0.25) is 14.9 Å². The Balaban J connectivity index is 1.74. The molecule has 2 heterocycles. The maximum absolute atomic E-state index is 12.3. The van der Waals surface area contributed by atoms with E-state index >= 15 is 0 Å². The van der Waals surface area contributed by atoms with Crippen LogP contribution >= 0.6 is 0 Å². The first-order chi connectivity index (χ1) is 10.2. The molecule has 0 aromatic heterocycles. The number of amides is 1. The Labute approximate surface area is 122 Å². The van der Waals surface area contributed by atoms with Crippen LogP contribution in [0.4, 0.5) is 5.69 Å². The molecule has 0 radical (unpaired) electrons. The largest absolute Gasteiger partial charge is 0.335 e. The summed E-state index contributed by atoms with van der Waals surface area (Å²) in [5.74, 6) is 0.484. The standard InChI is InChI=1S/C15H17N3O3/c19-15(17-8-7-12-9-16-10-14(12)17)6-5-11-3-1-2-4-13(11)18(20)21/h1-6,12,14,16H,7-10H2/b6-5+/t12-,14+/m0/s1. The van der Waals surface area contributed by atoms with Crippen molar-refractivity contribution in [1.29, 1.82) is 0 Å². The summed E-state index contributed by atoms with van der Waals surface area (Å²) in [7, 11) is 0. The second-order valence-electron chi connectivity index (χ2n) is 5.46. The van der Waals surface area contributed by atoms with Crippen molar-refractivity contribution in [3.05, 3.63) is 46.0 Å². The van der Waals surface area contributed by atoms with E-state index in [0.29, 0.717) is 11.5 Å². The van der Waals surface area contributed by atoms with E-state index in [1.54, 1.807) is 18.2 Å². The third-order valence-corrected chi connectivity index (χ3v) is 4.27. The number of nitrogens with one attached hydrogen (secondary N) is 1. The summed E-state index contributed by atoms with van der Waals surface area (Å²) in [5, 5.41) is 14.2. The van der Waals surface area contributed by atoms with Gasteiger partial charge in [0.15, 0.2) is 0 Å². The molecule has 110 valence electrons. The molecule has 0 unspecified atom stereocenters. The number of hydrogen-bond donors (Lipinski definition) is 1. The summed E-state index contributed by atoms with van der Waals surface area (Å²) in [6.45, 7) is 2.59. The van der Waals surface area contributed by atoms with E-state index < -0.39 is 4.92 Å². The van der Waals surface area contributed by atoms with Gasteiger partial charge in [0, 0.05) is 37.8 Å². The molecule has 2 aliphatic heterocycles. The molecule has 1 N–H and O–H groups in total. The summed E-state index contributed by atoms with van der Waals surface area (Å²) in [6, 6.07) is 6.70. The fourth-order valence-corrected chi connectivity index (χ4v) is 3.17. The van der Waals surface area contributed by atoms with Crippen LogP contribution in [0.15, 0.2) is 30.3 Å². The van der Waals surface area contributed by atoms with E-state index in [9.17, 15) is 14.9 Å². The van der Waals surface area contributed by atoms with Gasteiger partial charge in [-0.15, -0.1) is 0 Å². The summed E-state index contributed by atoms with van der Waals surface area (Å²) < 4.78 is 0. The molecule has 0 saturated carbocycles. The highest BCUT2D eigenvalue weighted by Gasteiger charge is 2.39. The normalized spacial score (nSPS) is 24.5. The highest BCUT2D eigenvalue weighted by molar-refractivity contribution is 5.92. The van der Waals surface area contributed by atoms with E-state index in [0.717, 1.165) is 26.1 Å². The molecule has 3 rings (SSSR count). The van der Waals surface area contributed by atoms with Crippen LogP contribution in [0.25, 0.3) is 6.08 Å². The summed E-state index contributed by atoms with van der Waals surface area (Å²) in [5.41, 5.74) is 0.472. The monoisotopic (exact) mass is 287 g/mol. The van der Waals surface area contributed by atoms with Gasteiger partial charge in [-0.1, -0.05) is 12.1 Å².